The molecule has 0 aliphatic carbocycles. The van der Waals surface area contributed by atoms with Crippen LogP contribution in [0.25, 0.3) is 6.08 Å². The Balaban J connectivity index is 1.39. The number of para-hydroxylation sites is 1. The number of nitrogens with zero attached hydrogens (tertiary/aromatic N) is 3. The molecule has 4 N–H and O–H groups in total. The van der Waals surface area contributed by atoms with Crippen molar-refractivity contribution >= 4 is 23.6 Å². The summed E-state index contributed by atoms with van der Waals surface area (Å²) in [5, 5.41) is 42.1. The van der Waals surface area contributed by atoms with Crippen molar-refractivity contribution in [2.45, 2.75) is 6.42 Å². The maximum Gasteiger partial charge on any atom is 0.276 e. The summed E-state index contributed by atoms with van der Waals surface area (Å²) in [4.78, 5) is 39.0. The van der Waals surface area contributed by atoms with Crippen molar-refractivity contribution in [1.82, 2.24) is 15.1 Å². The van der Waals surface area contributed by atoms with Crippen molar-refractivity contribution < 1.29 is 29.8 Å². The predicted octanol–water partition coefficient (Wildman–Crippen LogP) is 1.69. The molecule has 3 rings (SSSR count). The maximum absolute atomic E-state index is 12.5. The molecule has 2 amide bonds. The van der Waals surface area contributed by atoms with E-state index in [-0.39, 0.29) is 17.2 Å². The predicted molar refractivity (Wildman–Crippen MR) is 124 cm³/mol. The molecule has 11 heteroatoms. The monoisotopic (exact) mass is 470 g/mol. The number of benzene rings is 2. The molecule has 0 aromatic heterocycles. The van der Waals surface area contributed by atoms with Crippen LogP contribution in [0.4, 0.5) is 5.69 Å². The first-order valence-electron chi connectivity index (χ1n) is 10.7. The number of rotatable bonds is 8. The van der Waals surface area contributed by atoms with Gasteiger partial charge < -0.3 is 25.5 Å². The molecule has 0 atom stereocenters. The van der Waals surface area contributed by atoms with Crippen LogP contribution in [0.3, 0.4) is 0 Å². The van der Waals surface area contributed by atoms with Crippen LogP contribution in [0, 0.1) is 10.1 Å². The first-order chi connectivity index (χ1) is 16.3. The van der Waals surface area contributed by atoms with Gasteiger partial charge in [0.1, 0.15) is 0 Å². The molecule has 1 aliphatic heterocycles. The number of aromatic hydroxyl groups is 3. The Kier molecular flexibility index (Phi) is 8.04. The van der Waals surface area contributed by atoms with Gasteiger partial charge in [-0.3, -0.25) is 24.6 Å². The molecule has 1 fully saturated rings. The lowest BCUT2D eigenvalue weighted by Gasteiger charge is -2.34. The van der Waals surface area contributed by atoms with Crippen molar-refractivity contribution in [2.24, 2.45) is 0 Å². The molecule has 34 heavy (non-hydrogen) atoms. The highest BCUT2D eigenvalue weighted by Gasteiger charge is 2.20. The third-order valence-electron chi connectivity index (χ3n) is 5.49. The molecule has 1 saturated heterocycles. The van der Waals surface area contributed by atoms with E-state index in [0.717, 1.165) is 12.1 Å². The number of hydrogen-bond acceptors (Lipinski definition) is 8. The molecule has 180 valence electrons. The minimum Gasteiger partial charge on any atom is -0.504 e. The van der Waals surface area contributed by atoms with Crippen LogP contribution >= 0.6 is 0 Å². The fraction of sp³-hybridized carbons (Fsp3) is 0.304. The second-order valence-electron chi connectivity index (χ2n) is 7.79. The van der Waals surface area contributed by atoms with Gasteiger partial charge in [0.25, 0.3) is 11.6 Å². The standard InChI is InChI=1S/C23H26N4O7/c28-19-14-17(15-20(29)22(19)31)23(32)24-8-3-9-25-10-12-26(13-11-25)21(30)7-6-16-4-1-2-5-18(16)27(33)34/h1-2,4-7,14-15,28-29,31H,3,8-13H2,(H,24,32)/b7-6+. The molecule has 0 saturated carbocycles. The van der Waals surface area contributed by atoms with E-state index in [9.17, 15) is 35.0 Å². The van der Waals surface area contributed by atoms with Crippen LogP contribution in [0.5, 0.6) is 17.2 Å². The van der Waals surface area contributed by atoms with E-state index in [1.54, 1.807) is 23.1 Å². The van der Waals surface area contributed by atoms with Gasteiger partial charge in [0, 0.05) is 50.4 Å². The number of phenols is 3. The molecule has 0 spiro atoms. The lowest BCUT2D eigenvalue weighted by molar-refractivity contribution is -0.385. The van der Waals surface area contributed by atoms with E-state index in [1.165, 1.54) is 18.2 Å². The zero-order valence-corrected chi connectivity index (χ0v) is 18.4. The molecule has 1 heterocycles. The Hall–Kier alpha value is -4.12. The van der Waals surface area contributed by atoms with Crippen molar-refractivity contribution in [2.75, 3.05) is 39.3 Å². The molecular weight excluding hydrogens is 444 g/mol. The number of carbonyl (C=O) groups is 2. The highest BCUT2D eigenvalue weighted by atomic mass is 16.6. The van der Waals surface area contributed by atoms with Gasteiger partial charge >= 0.3 is 0 Å². The minimum absolute atomic E-state index is 0.0359. The van der Waals surface area contributed by atoms with Crippen molar-refractivity contribution in [3.63, 3.8) is 0 Å². The van der Waals surface area contributed by atoms with E-state index < -0.39 is 28.1 Å². The number of phenolic OH excluding ortho intramolecular Hbond substituents is 3. The lowest BCUT2D eigenvalue weighted by atomic mass is 10.1. The first kappa shape index (κ1) is 24.5. The third-order valence-corrected chi connectivity index (χ3v) is 5.49. The number of nitro benzene ring substituents is 1. The van der Waals surface area contributed by atoms with Gasteiger partial charge in [0.2, 0.25) is 5.91 Å². The number of hydrogen-bond donors (Lipinski definition) is 4. The van der Waals surface area contributed by atoms with Gasteiger partial charge in [-0.1, -0.05) is 12.1 Å². The van der Waals surface area contributed by atoms with Gasteiger partial charge in [-0.2, -0.15) is 0 Å². The zero-order chi connectivity index (χ0) is 24.7. The molecule has 0 radical (unpaired) electrons. The van der Waals surface area contributed by atoms with E-state index in [4.69, 9.17) is 0 Å². The summed E-state index contributed by atoms with van der Waals surface area (Å²) in [6, 6.07) is 8.38. The molecule has 0 unspecified atom stereocenters. The Bertz CT molecular complexity index is 1070. The van der Waals surface area contributed by atoms with Crippen molar-refractivity contribution in [1.29, 1.82) is 0 Å². The average molecular weight is 470 g/mol. The Morgan fingerprint density at radius 2 is 1.71 bits per heavy atom. The van der Waals surface area contributed by atoms with Crippen LogP contribution in [0.1, 0.15) is 22.3 Å². The number of nitro groups is 1. The number of nitrogens with one attached hydrogen (secondary N) is 1. The summed E-state index contributed by atoms with van der Waals surface area (Å²) in [7, 11) is 0. The Morgan fingerprint density at radius 3 is 2.35 bits per heavy atom. The van der Waals surface area contributed by atoms with Gasteiger partial charge in [0.15, 0.2) is 17.2 Å². The summed E-state index contributed by atoms with van der Waals surface area (Å²) in [5.74, 6) is -2.51. The van der Waals surface area contributed by atoms with Crippen LogP contribution in [-0.2, 0) is 4.79 Å². The van der Waals surface area contributed by atoms with Gasteiger partial charge in [0.05, 0.1) is 10.5 Å². The smallest absolute Gasteiger partial charge is 0.276 e. The molecule has 1 aliphatic rings. The Labute approximate surface area is 195 Å². The maximum atomic E-state index is 12.5. The third kappa shape index (κ3) is 6.23. The first-order valence-corrected chi connectivity index (χ1v) is 10.7. The van der Waals surface area contributed by atoms with E-state index in [1.807, 2.05) is 0 Å². The minimum atomic E-state index is -0.675. The SMILES string of the molecule is O=C(NCCCN1CCN(C(=O)/C=C/c2ccccc2[N+](=O)[O-])CC1)c1cc(O)c(O)c(O)c1. The van der Waals surface area contributed by atoms with E-state index in [2.05, 4.69) is 10.2 Å². The zero-order valence-electron chi connectivity index (χ0n) is 18.4. The van der Waals surface area contributed by atoms with E-state index in [0.29, 0.717) is 51.3 Å². The van der Waals surface area contributed by atoms with E-state index >= 15 is 0 Å². The van der Waals surface area contributed by atoms with Gasteiger partial charge in [-0.05, 0) is 37.2 Å². The van der Waals surface area contributed by atoms with Gasteiger partial charge in [-0.15, -0.1) is 0 Å². The molecule has 0 bridgehead atoms. The van der Waals surface area contributed by atoms with Crippen LogP contribution in [0.2, 0.25) is 0 Å². The summed E-state index contributed by atoms with van der Waals surface area (Å²) in [5.41, 5.74) is 0.357. The summed E-state index contributed by atoms with van der Waals surface area (Å²) in [6.45, 7) is 3.47. The number of piperazine rings is 1. The number of carbonyl (C=O) groups excluding carboxylic acids is 2. The molecular formula is C23H26N4O7. The topological polar surface area (TPSA) is 156 Å². The average Bonchev–Trinajstić information content (AvgIpc) is 2.83. The molecule has 2 aromatic rings. The summed E-state index contributed by atoms with van der Waals surface area (Å²) in [6.07, 6.45) is 3.48. The van der Waals surface area contributed by atoms with Crippen LogP contribution in [-0.4, -0.2) is 81.1 Å². The second kappa shape index (κ2) is 11.1. The van der Waals surface area contributed by atoms with Gasteiger partial charge in [-0.25, -0.2) is 0 Å². The van der Waals surface area contributed by atoms with Crippen LogP contribution < -0.4 is 5.32 Å². The normalized spacial score (nSPS) is 14.3. The van der Waals surface area contributed by atoms with Crippen LogP contribution in [0.15, 0.2) is 42.5 Å². The number of amides is 2. The second-order valence-corrected chi connectivity index (χ2v) is 7.79. The highest BCUT2D eigenvalue weighted by Crippen LogP contribution is 2.35. The molecule has 11 nitrogen and oxygen atoms in total. The highest BCUT2D eigenvalue weighted by molar-refractivity contribution is 5.95. The lowest BCUT2D eigenvalue weighted by Crippen LogP contribution is -2.48. The quantitative estimate of drug-likeness (QED) is 0.149. The Morgan fingerprint density at radius 1 is 1.06 bits per heavy atom. The summed E-state index contributed by atoms with van der Waals surface area (Å²) < 4.78 is 0. The largest absolute Gasteiger partial charge is 0.504 e. The van der Waals surface area contributed by atoms with Crippen molar-refractivity contribution in [3.05, 3.63) is 63.7 Å². The fourth-order valence-electron chi connectivity index (χ4n) is 3.60. The fourth-order valence-corrected chi connectivity index (χ4v) is 3.60. The van der Waals surface area contributed by atoms with Crippen molar-refractivity contribution in [3.8, 4) is 17.2 Å². The summed E-state index contributed by atoms with van der Waals surface area (Å²) >= 11 is 0. The molecule has 2 aromatic carbocycles.